The van der Waals surface area contributed by atoms with Crippen LogP contribution in [0, 0.1) is 16.0 Å². The van der Waals surface area contributed by atoms with Crippen molar-refractivity contribution >= 4 is 55.3 Å². The first-order chi connectivity index (χ1) is 17.0. The molecule has 3 rings (SSSR count). The van der Waals surface area contributed by atoms with E-state index >= 15 is 0 Å². The number of carbonyl (C=O) groups excluding carboxylic acids is 3. The van der Waals surface area contributed by atoms with Gasteiger partial charge in [0.15, 0.2) is 14.0 Å². The van der Waals surface area contributed by atoms with Gasteiger partial charge in [0.05, 0.1) is 26.4 Å². The fourth-order valence-electron chi connectivity index (χ4n) is 3.68. The first kappa shape index (κ1) is 29.2. The van der Waals surface area contributed by atoms with Crippen molar-refractivity contribution in [1.29, 1.82) is 0 Å². The topological polar surface area (TPSA) is 142 Å². The summed E-state index contributed by atoms with van der Waals surface area (Å²) in [5.41, 5.74) is 6.03. The quantitative estimate of drug-likeness (QED) is 0.143. The Hall–Kier alpha value is -2.35. The van der Waals surface area contributed by atoms with E-state index in [9.17, 15) is 24.5 Å². The van der Waals surface area contributed by atoms with Crippen LogP contribution < -0.4 is 5.73 Å². The van der Waals surface area contributed by atoms with Gasteiger partial charge in [0.1, 0.15) is 12.0 Å². The molecule has 1 unspecified atom stereocenters. The zero-order chi connectivity index (χ0) is 27.9. The summed E-state index contributed by atoms with van der Waals surface area (Å²) in [4.78, 5) is 50.0. The van der Waals surface area contributed by atoms with Gasteiger partial charge in [-0.2, -0.15) is 0 Å². The Labute approximate surface area is 226 Å². The second kappa shape index (κ2) is 10.8. The van der Waals surface area contributed by atoms with Gasteiger partial charge < -0.3 is 14.9 Å². The minimum absolute atomic E-state index is 0.0282. The van der Waals surface area contributed by atoms with Gasteiger partial charge in [0, 0.05) is 12.1 Å². The van der Waals surface area contributed by atoms with Gasteiger partial charge in [-0.25, -0.2) is 4.79 Å². The number of esters is 1. The Morgan fingerprint density at radius 1 is 1.24 bits per heavy atom. The number of carbonyl (C=O) groups is 3. The van der Waals surface area contributed by atoms with E-state index in [-0.39, 0.29) is 40.4 Å². The van der Waals surface area contributed by atoms with Crippen molar-refractivity contribution in [2.45, 2.75) is 76.1 Å². The summed E-state index contributed by atoms with van der Waals surface area (Å²) in [7, 11) is -2.14. The van der Waals surface area contributed by atoms with Crippen LogP contribution in [0.2, 0.25) is 18.1 Å². The standard InChI is InChI=1S/C24H33N3O7S2Si/c1-13(34-37(6,7)24(3,4)5)17-20(29)26-18(23(36-21(17)26)35-14(2)19(25)28)22(30)33-12-15-8-10-16(11-9-15)27(31)32/h8-11,13-14,17,21H,12H2,1-7H3,(H2,25,28)/t13-,14?,17+,21-/m1/s1. The number of nitro benzene ring substituents is 1. The molecule has 0 saturated carbocycles. The van der Waals surface area contributed by atoms with Gasteiger partial charge in [0.2, 0.25) is 11.8 Å². The van der Waals surface area contributed by atoms with Crippen LogP contribution in [0.3, 0.4) is 0 Å². The predicted octanol–water partition coefficient (Wildman–Crippen LogP) is 4.36. The van der Waals surface area contributed by atoms with E-state index in [0.717, 1.165) is 11.8 Å². The maximum atomic E-state index is 13.3. The number of hydrogen-bond donors (Lipinski definition) is 1. The van der Waals surface area contributed by atoms with Crippen LogP contribution in [0.1, 0.15) is 40.2 Å². The molecule has 2 aliphatic heterocycles. The lowest BCUT2D eigenvalue weighted by atomic mass is 9.92. The van der Waals surface area contributed by atoms with E-state index in [4.69, 9.17) is 14.9 Å². The van der Waals surface area contributed by atoms with Gasteiger partial charge in [-0.1, -0.05) is 32.5 Å². The van der Waals surface area contributed by atoms with E-state index in [2.05, 4.69) is 33.9 Å². The lowest BCUT2D eigenvalue weighted by molar-refractivity contribution is -0.384. The number of rotatable bonds is 10. The number of primary amides is 1. The highest BCUT2D eigenvalue weighted by molar-refractivity contribution is 8.23. The lowest BCUT2D eigenvalue weighted by Gasteiger charge is -2.48. The number of ether oxygens (including phenoxy) is 1. The van der Waals surface area contributed by atoms with Crippen LogP contribution >= 0.6 is 23.5 Å². The Balaban J connectivity index is 1.79. The molecule has 10 nitrogen and oxygen atoms in total. The number of thioether (sulfide) groups is 2. The summed E-state index contributed by atoms with van der Waals surface area (Å²) in [6.45, 7) is 14.0. The second-order valence-corrected chi connectivity index (χ2v) is 18.1. The normalized spacial score (nSPS) is 21.3. The zero-order valence-corrected chi connectivity index (χ0v) is 24.6. The lowest BCUT2D eigenvalue weighted by Crippen LogP contribution is -2.62. The van der Waals surface area contributed by atoms with Crippen LogP contribution in [0.5, 0.6) is 0 Å². The smallest absolute Gasteiger partial charge is 0.357 e. The number of nitrogens with zero attached hydrogens (tertiary/aromatic N) is 2. The van der Waals surface area contributed by atoms with Crippen molar-refractivity contribution in [2.75, 3.05) is 0 Å². The van der Waals surface area contributed by atoms with Crippen molar-refractivity contribution in [3.05, 3.63) is 49.9 Å². The number of benzene rings is 1. The third kappa shape index (κ3) is 6.05. The molecule has 1 aromatic carbocycles. The van der Waals surface area contributed by atoms with E-state index in [1.807, 2.05) is 6.92 Å². The molecule has 0 aliphatic carbocycles. The molecule has 0 bridgehead atoms. The number of amides is 2. The Morgan fingerprint density at radius 2 is 1.84 bits per heavy atom. The molecule has 2 heterocycles. The molecule has 0 aromatic heterocycles. The molecular formula is C24H33N3O7S2Si. The van der Waals surface area contributed by atoms with Crippen LogP contribution in [0.4, 0.5) is 5.69 Å². The fraction of sp³-hybridized carbons (Fsp3) is 0.542. The van der Waals surface area contributed by atoms with Crippen LogP contribution in [0.15, 0.2) is 34.2 Å². The highest BCUT2D eigenvalue weighted by atomic mass is 32.2. The van der Waals surface area contributed by atoms with Crippen molar-refractivity contribution in [3.63, 3.8) is 0 Å². The van der Waals surface area contributed by atoms with Gasteiger partial charge >= 0.3 is 5.97 Å². The predicted molar refractivity (Wildman–Crippen MR) is 146 cm³/mol. The third-order valence-electron chi connectivity index (χ3n) is 6.93. The molecule has 1 fully saturated rings. The Bertz CT molecular complexity index is 1130. The zero-order valence-electron chi connectivity index (χ0n) is 22.0. The summed E-state index contributed by atoms with van der Waals surface area (Å²) >= 11 is 2.47. The maximum absolute atomic E-state index is 13.3. The monoisotopic (exact) mass is 567 g/mol. The van der Waals surface area contributed by atoms with Crippen LogP contribution in [-0.2, 0) is 30.2 Å². The molecule has 37 heavy (non-hydrogen) atoms. The van der Waals surface area contributed by atoms with E-state index in [1.54, 1.807) is 6.92 Å². The summed E-state index contributed by atoms with van der Waals surface area (Å²) < 4.78 is 12.5. The van der Waals surface area contributed by atoms with Gasteiger partial charge in [-0.15, -0.1) is 11.8 Å². The van der Waals surface area contributed by atoms with E-state index < -0.39 is 36.3 Å². The number of nitrogens with two attached hydrogens (primary N) is 1. The largest absolute Gasteiger partial charge is 0.456 e. The summed E-state index contributed by atoms with van der Waals surface area (Å²) in [5, 5.41) is 9.86. The molecule has 1 aromatic rings. The van der Waals surface area contributed by atoms with Gasteiger partial charge in [-0.3, -0.25) is 24.6 Å². The molecule has 2 aliphatic rings. The van der Waals surface area contributed by atoms with Crippen molar-refractivity contribution in [3.8, 4) is 0 Å². The molecule has 0 spiro atoms. The highest BCUT2D eigenvalue weighted by Crippen LogP contribution is 2.55. The molecule has 0 radical (unpaired) electrons. The van der Waals surface area contributed by atoms with Crippen LogP contribution in [0.25, 0.3) is 0 Å². The molecule has 202 valence electrons. The Morgan fingerprint density at radius 3 is 2.35 bits per heavy atom. The number of non-ortho nitro benzene ring substituents is 1. The second-order valence-electron chi connectivity index (χ2n) is 10.6. The minimum Gasteiger partial charge on any atom is -0.456 e. The molecule has 1 saturated heterocycles. The average Bonchev–Trinajstić information content (AvgIpc) is 3.10. The minimum atomic E-state index is -2.14. The first-order valence-corrected chi connectivity index (χ1v) is 16.5. The van der Waals surface area contributed by atoms with Gasteiger partial charge in [-0.05, 0) is 49.7 Å². The molecule has 13 heteroatoms. The number of β-lactam (4-membered cyclic amide) rings is 1. The molecular weight excluding hydrogens is 534 g/mol. The average molecular weight is 568 g/mol. The SMILES string of the molecule is CC(SC1=C(C(=O)OCc2ccc([N+](=O)[O-])cc2)N2C(=O)[C@H]([C@@H](C)O[Si](C)(C)C(C)(C)C)[C@H]2S1)C(N)=O. The molecule has 2 amide bonds. The van der Waals surface area contributed by atoms with E-state index in [1.165, 1.54) is 40.9 Å². The fourth-order valence-corrected chi connectivity index (χ4v) is 8.10. The van der Waals surface area contributed by atoms with Crippen molar-refractivity contribution in [1.82, 2.24) is 4.90 Å². The van der Waals surface area contributed by atoms with Gasteiger partial charge in [0.25, 0.3) is 5.69 Å². The van der Waals surface area contributed by atoms with Crippen LogP contribution in [-0.4, -0.2) is 52.7 Å². The summed E-state index contributed by atoms with van der Waals surface area (Å²) in [6, 6.07) is 5.66. The number of fused-ring (bicyclic) bond motifs is 1. The van der Waals surface area contributed by atoms with Crippen molar-refractivity contribution < 1.29 is 28.5 Å². The third-order valence-corrected chi connectivity index (χ3v) is 14.2. The Kier molecular flexibility index (Phi) is 8.52. The number of hydrogen-bond acceptors (Lipinski definition) is 9. The van der Waals surface area contributed by atoms with Crippen molar-refractivity contribution in [2.24, 2.45) is 11.7 Å². The summed E-state index contributed by atoms with van der Waals surface area (Å²) in [5.74, 6) is -1.92. The first-order valence-electron chi connectivity index (χ1n) is 11.8. The maximum Gasteiger partial charge on any atom is 0.357 e. The number of nitro groups is 1. The highest BCUT2D eigenvalue weighted by Gasteiger charge is 2.59. The molecule has 4 atom stereocenters. The van der Waals surface area contributed by atoms with E-state index in [0.29, 0.717) is 9.80 Å². The molecule has 2 N–H and O–H groups in total. The summed E-state index contributed by atoms with van der Waals surface area (Å²) in [6.07, 6.45) is -0.350.